The molecule has 1 atom stereocenters. The first-order chi connectivity index (χ1) is 15.5. The van der Waals surface area contributed by atoms with Crippen LogP contribution in [0.25, 0.3) is 10.8 Å². The number of benzene rings is 2. The number of hydrogen-bond acceptors (Lipinski definition) is 5. The minimum absolute atomic E-state index is 0.0561. The summed E-state index contributed by atoms with van der Waals surface area (Å²) in [5, 5.41) is 14.4. The maximum Gasteiger partial charge on any atom is 0.224 e. The Balaban J connectivity index is 1.74. The molecule has 0 unspecified atom stereocenters. The maximum atomic E-state index is 13.7. The van der Waals surface area contributed by atoms with E-state index < -0.39 is 29.1 Å². The van der Waals surface area contributed by atoms with E-state index in [1.54, 1.807) is 6.20 Å². The summed E-state index contributed by atoms with van der Waals surface area (Å²) in [7, 11) is 0. The summed E-state index contributed by atoms with van der Waals surface area (Å²) in [6.45, 7) is 3.24. The fourth-order valence-electron chi connectivity index (χ4n) is 3.73. The molecule has 174 valence electrons. The zero-order valence-electron chi connectivity index (χ0n) is 18.6. The summed E-state index contributed by atoms with van der Waals surface area (Å²) in [5.41, 5.74) is 5.90. The molecule has 8 heteroatoms. The minimum Gasteiger partial charge on any atom is -0.390 e. The van der Waals surface area contributed by atoms with Crippen LogP contribution in [0.1, 0.15) is 37.8 Å². The third-order valence-corrected chi connectivity index (χ3v) is 5.27. The molecular formula is C25H27F2N3O3. The molecule has 0 radical (unpaired) electrons. The molecule has 0 aliphatic carbocycles. The number of nitrogen functional groups attached to an aromatic ring is 1. The number of halogens is 2. The smallest absolute Gasteiger partial charge is 0.224 e. The highest BCUT2D eigenvalue weighted by Gasteiger charge is 2.26. The SMILES string of the molecule is CC(C)(O)CC(=O)C[C@@H](Cc1ccc(F)c(F)c1)C(=O)NCc1ccc2c(N)nccc2c1. The Bertz CT molecular complexity index is 1180. The fraction of sp³-hybridized carbons (Fsp3) is 0.320. The summed E-state index contributed by atoms with van der Waals surface area (Å²) in [4.78, 5) is 29.5. The number of pyridine rings is 1. The Kier molecular flexibility index (Phi) is 7.38. The summed E-state index contributed by atoms with van der Waals surface area (Å²) >= 11 is 0. The molecule has 0 saturated carbocycles. The molecule has 0 aliphatic rings. The third-order valence-electron chi connectivity index (χ3n) is 5.27. The van der Waals surface area contributed by atoms with E-state index in [0.29, 0.717) is 11.4 Å². The van der Waals surface area contributed by atoms with Crippen LogP contribution in [-0.4, -0.2) is 27.4 Å². The molecule has 4 N–H and O–H groups in total. The van der Waals surface area contributed by atoms with Crippen LogP contribution < -0.4 is 11.1 Å². The van der Waals surface area contributed by atoms with Crippen molar-refractivity contribution in [2.24, 2.45) is 5.92 Å². The lowest BCUT2D eigenvalue weighted by Crippen LogP contribution is -2.34. The number of aromatic nitrogens is 1. The Morgan fingerprint density at radius 1 is 1.09 bits per heavy atom. The van der Waals surface area contributed by atoms with Gasteiger partial charge < -0.3 is 16.2 Å². The highest BCUT2D eigenvalue weighted by Crippen LogP contribution is 2.21. The predicted octanol–water partition coefficient (Wildman–Crippen LogP) is 3.69. The summed E-state index contributed by atoms with van der Waals surface area (Å²) in [6, 6.07) is 10.8. The fourth-order valence-corrected chi connectivity index (χ4v) is 3.73. The monoisotopic (exact) mass is 455 g/mol. The van der Waals surface area contributed by atoms with Crippen molar-refractivity contribution in [3.05, 3.63) is 71.4 Å². The maximum absolute atomic E-state index is 13.7. The number of rotatable bonds is 9. The van der Waals surface area contributed by atoms with Gasteiger partial charge in [0.15, 0.2) is 11.6 Å². The summed E-state index contributed by atoms with van der Waals surface area (Å²) in [5.74, 6) is -3.06. The molecule has 0 bridgehead atoms. The van der Waals surface area contributed by atoms with E-state index in [2.05, 4.69) is 10.3 Å². The number of nitrogens with zero attached hydrogens (tertiary/aromatic N) is 1. The van der Waals surface area contributed by atoms with Crippen molar-refractivity contribution >= 4 is 28.3 Å². The van der Waals surface area contributed by atoms with Crippen LogP contribution in [0.4, 0.5) is 14.6 Å². The van der Waals surface area contributed by atoms with Crippen molar-refractivity contribution < 1.29 is 23.5 Å². The summed E-state index contributed by atoms with van der Waals surface area (Å²) in [6.07, 6.45) is 1.41. The third kappa shape index (κ3) is 6.79. The highest BCUT2D eigenvalue weighted by molar-refractivity contribution is 5.91. The molecule has 1 amide bonds. The second-order valence-electron chi connectivity index (χ2n) is 8.85. The molecule has 0 saturated heterocycles. The number of nitrogens with two attached hydrogens (primary N) is 1. The van der Waals surface area contributed by atoms with Gasteiger partial charge >= 0.3 is 0 Å². The van der Waals surface area contributed by atoms with Gasteiger partial charge in [-0.3, -0.25) is 9.59 Å². The topological polar surface area (TPSA) is 105 Å². The average molecular weight is 456 g/mol. The average Bonchev–Trinajstić information content (AvgIpc) is 2.73. The van der Waals surface area contributed by atoms with Crippen molar-refractivity contribution in [2.75, 3.05) is 5.73 Å². The van der Waals surface area contributed by atoms with E-state index in [-0.39, 0.29) is 31.6 Å². The van der Waals surface area contributed by atoms with E-state index in [0.717, 1.165) is 28.5 Å². The number of nitrogens with one attached hydrogen (secondary N) is 1. The first-order valence-electron chi connectivity index (χ1n) is 10.6. The lowest BCUT2D eigenvalue weighted by atomic mass is 9.89. The number of carbonyl (C=O) groups is 2. The number of carbonyl (C=O) groups excluding carboxylic acids is 2. The molecule has 6 nitrogen and oxygen atoms in total. The van der Waals surface area contributed by atoms with Gasteiger partial charge in [-0.1, -0.05) is 18.2 Å². The second kappa shape index (κ2) is 10.0. The summed E-state index contributed by atoms with van der Waals surface area (Å²) < 4.78 is 26.9. The van der Waals surface area contributed by atoms with E-state index in [9.17, 15) is 23.5 Å². The minimum atomic E-state index is -1.21. The predicted molar refractivity (Wildman–Crippen MR) is 122 cm³/mol. The lowest BCUT2D eigenvalue weighted by Gasteiger charge is -2.20. The molecule has 33 heavy (non-hydrogen) atoms. The first kappa shape index (κ1) is 24.3. The molecule has 0 spiro atoms. The largest absolute Gasteiger partial charge is 0.390 e. The molecular weight excluding hydrogens is 428 g/mol. The van der Waals surface area contributed by atoms with Gasteiger partial charge in [0.05, 0.1) is 5.60 Å². The standard InChI is InChI=1S/C25H27F2N3O3/c1-25(2,33)13-19(31)12-18(9-15-4-6-21(26)22(27)11-15)24(32)30-14-16-3-5-20-17(10-16)7-8-29-23(20)28/h3-8,10-11,18,33H,9,12-14H2,1-2H3,(H2,28,29)(H,30,32)/t18-/m1/s1. The van der Waals surface area contributed by atoms with Crippen LogP contribution in [0.3, 0.4) is 0 Å². The number of amides is 1. The number of fused-ring (bicyclic) bond motifs is 1. The van der Waals surface area contributed by atoms with Crippen molar-refractivity contribution in [3.8, 4) is 0 Å². The normalized spacial score (nSPS) is 12.5. The lowest BCUT2D eigenvalue weighted by molar-refractivity contribution is -0.131. The van der Waals surface area contributed by atoms with Crippen LogP contribution in [-0.2, 0) is 22.6 Å². The Labute approximate surface area is 190 Å². The van der Waals surface area contributed by atoms with Crippen LogP contribution in [0.5, 0.6) is 0 Å². The highest BCUT2D eigenvalue weighted by atomic mass is 19.2. The van der Waals surface area contributed by atoms with E-state index in [1.807, 2.05) is 24.3 Å². The van der Waals surface area contributed by atoms with Crippen LogP contribution >= 0.6 is 0 Å². The van der Waals surface area contributed by atoms with Gasteiger partial charge in [0.25, 0.3) is 0 Å². The van der Waals surface area contributed by atoms with Gasteiger partial charge in [-0.15, -0.1) is 0 Å². The van der Waals surface area contributed by atoms with Gasteiger partial charge in [-0.05, 0) is 61.0 Å². The van der Waals surface area contributed by atoms with Gasteiger partial charge in [0.2, 0.25) is 5.91 Å². The van der Waals surface area contributed by atoms with Gasteiger partial charge in [-0.25, -0.2) is 13.8 Å². The number of hydrogen-bond donors (Lipinski definition) is 3. The number of Topliss-reactive ketones (excluding diaryl/α,β-unsaturated/α-hetero) is 1. The van der Waals surface area contributed by atoms with Crippen molar-refractivity contribution in [1.29, 1.82) is 0 Å². The quantitative estimate of drug-likeness (QED) is 0.456. The Morgan fingerprint density at radius 3 is 2.52 bits per heavy atom. The van der Waals surface area contributed by atoms with Crippen LogP contribution in [0, 0.1) is 17.6 Å². The van der Waals surface area contributed by atoms with Crippen LogP contribution in [0.15, 0.2) is 48.7 Å². The number of aliphatic hydroxyl groups is 1. The van der Waals surface area contributed by atoms with E-state index >= 15 is 0 Å². The Hall–Kier alpha value is -3.39. The molecule has 2 aromatic carbocycles. The Morgan fingerprint density at radius 2 is 1.82 bits per heavy atom. The van der Waals surface area contributed by atoms with Crippen molar-refractivity contribution in [3.63, 3.8) is 0 Å². The van der Waals surface area contributed by atoms with Gasteiger partial charge in [-0.2, -0.15) is 0 Å². The molecule has 3 rings (SSSR count). The first-order valence-corrected chi connectivity index (χ1v) is 10.6. The van der Waals surface area contributed by atoms with E-state index in [4.69, 9.17) is 5.73 Å². The zero-order chi connectivity index (χ0) is 24.2. The number of ketones is 1. The van der Waals surface area contributed by atoms with Gasteiger partial charge in [0.1, 0.15) is 11.6 Å². The van der Waals surface area contributed by atoms with Crippen LogP contribution in [0.2, 0.25) is 0 Å². The van der Waals surface area contributed by atoms with Gasteiger partial charge in [0, 0.05) is 36.9 Å². The molecule has 1 aromatic heterocycles. The molecule has 0 fully saturated rings. The second-order valence-corrected chi connectivity index (χ2v) is 8.85. The number of anilines is 1. The zero-order valence-corrected chi connectivity index (χ0v) is 18.6. The molecule has 0 aliphatic heterocycles. The molecule has 1 heterocycles. The van der Waals surface area contributed by atoms with Crippen molar-refractivity contribution in [1.82, 2.24) is 10.3 Å². The van der Waals surface area contributed by atoms with Crippen molar-refractivity contribution in [2.45, 2.75) is 45.3 Å². The van der Waals surface area contributed by atoms with E-state index in [1.165, 1.54) is 19.9 Å². The molecule has 3 aromatic rings.